The maximum absolute atomic E-state index is 12.5. The summed E-state index contributed by atoms with van der Waals surface area (Å²) in [4.78, 5) is 23.4. The average Bonchev–Trinajstić information content (AvgIpc) is 2.72. The topological polar surface area (TPSA) is 73.9 Å². The van der Waals surface area contributed by atoms with E-state index in [1.165, 1.54) is 0 Å². The van der Waals surface area contributed by atoms with Gasteiger partial charge >= 0.3 is 11.9 Å². The highest BCUT2D eigenvalue weighted by Crippen LogP contribution is 2.26. The van der Waals surface area contributed by atoms with E-state index in [-0.39, 0.29) is 0 Å². The van der Waals surface area contributed by atoms with Crippen molar-refractivity contribution in [3.05, 3.63) is 65.7 Å². The number of aryl methyl sites for hydroxylation is 2. The normalized spacial score (nSPS) is 10.2. The molecule has 0 atom stereocenters. The van der Waals surface area contributed by atoms with Crippen molar-refractivity contribution in [3.8, 4) is 11.5 Å². The largest absolute Gasteiger partial charge is 0.493 e. The van der Waals surface area contributed by atoms with Gasteiger partial charge in [-0.3, -0.25) is 0 Å². The summed E-state index contributed by atoms with van der Waals surface area (Å²) in [5.41, 5.74) is 3.14. The van der Waals surface area contributed by atoms with Crippen molar-refractivity contribution in [2.45, 2.75) is 26.7 Å². The van der Waals surface area contributed by atoms with E-state index in [0.29, 0.717) is 30.9 Å². The van der Waals surface area contributed by atoms with Crippen LogP contribution in [0.1, 0.15) is 34.3 Å². The van der Waals surface area contributed by atoms with Gasteiger partial charge in [-0.2, -0.15) is 0 Å². The lowest BCUT2D eigenvalue weighted by atomic mass is 10.1. The SMILES string of the molecule is C=CC(=O)OCCCCOc1c(C)cc(C(=O)Oc2ccc(NC)cc2)cc1C. The van der Waals surface area contributed by atoms with Crippen molar-refractivity contribution in [1.29, 1.82) is 0 Å². The van der Waals surface area contributed by atoms with Gasteiger partial charge in [0.2, 0.25) is 0 Å². The molecule has 0 saturated carbocycles. The molecule has 6 heteroatoms. The number of ether oxygens (including phenoxy) is 3. The number of hydrogen-bond acceptors (Lipinski definition) is 6. The predicted octanol–water partition coefficient (Wildman–Crippen LogP) is 4.45. The molecule has 0 heterocycles. The van der Waals surface area contributed by atoms with Crippen LogP contribution >= 0.6 is 0 Å². The average molecular weight is 397 g/mol. The van der Waals surface area contributed by atoms with Crippen molar-refractivity contribution in [2.24, 2.45) is 0 Å². The van der Waals surface area contributed by atoms with Crippen LogP contribution in [-0.2, 0) is 9.53 Å². The second kappa shape index (κ2) is 10.9. The van der Waals surface area contributed by atoms with Crippen LogP contribution in [0.25, 0.3) is 0 Å². The van der Waals surface area contributed by atoms with Gasteiger partial charge in [0.25, 0.3) is 0 Å². The number of carbonyl (C=O) groups excluding carboxylic acids is 2. The third-order valence-corrected chi connectivity index (χ3v) is 4.25. The zero-order chi connectivity index (χ0) is 21.2. The number of hydrogen-bond donors (Lipinski definition) is 1. The third-order valence-electron chi connectivity index (χ3n) is 4.25. The number of rotatable bonds is 10. The molecule has 2 aromatic rings. The molecule has 0 fully saturated rings. The lowest BCUT2D eigenvalue weighted by molar-refractivity contribution is -0.137. The summed E-state index contributed by atoms with van der Waals surface area (Å²) in [5, 5.41) is 3.02. The Morgan fingerprint density at radius 2 is 1.66 bits per heavy atom. The van der Waals surface area contributed by atoms with Gasteiger partial charge in [0, 0.05) is 18.8 Å². The molecule has 0 saturated heterocycles. The minimum atomic E-state index is -0.418. The molecule has 0 aliphatic heterocycles. The van der Waals surface area contributed by atoms with E-state index in [1.807, 2.05) is 33.0 Å². The highest BCUT2D eigenvalue weighted by atomic mass is 16.5. The van der Waals surface area contributed by atoms with Crippen LogP contribution in [0.2, 0.25) is 0 Å². The van der Waals surface area contributed by atoms with Crippen molar-refractivity contribution in [1.82, 2.24) is 0 Å². The standard InChI is InChI=1S/C23H27NO5/c1-5-21(25)27-12-6-7-13-28-22-16(2)14-18(15-17(22)3)23(26)29-20-10-8-19(24-4)9-11-20/h5,8-11,14-15,24H,1,6-7,12-13H2,2-4H3. The van der Waals surface area contributed by atoms with Crippen LogP contribution in [0.3, 0.4) is 0 Å². The highest BCUT2D eigenvalue weighted by molar-refractivity contribution is 5.92. The Kier molecular flexibility index (Phi) is 8.27. The smallest absolute Gasteiger partial charge is 0.343 e. The Bertz CT molecular complexity index is 835. The molecular weight excluding hydrogens is 370 g/mol. The maximum Gasteiger partial charge on any atom is 0.343 e. The summed E-state index contributed by atoms with van der Waals surface area (Å²) < 4.78 is 16.2. The number of nitrogens with one attached hydrogen (secondary N) is 1. The zero-order valence-electron chi connectivity index (χ0n) is 17.1. The van der Waals surface area contributed by atoms with E-state index in [0.717, 1.165) is 35.1 Å². The van der Waals surface area contributed by atoms with Crippen LogP contribution in [0, 0.1) is 13.8 Å². The molecule has 0 spiro atoms. The quantitative estimate of drug-likeness (QED) is 0.276. The molecule has 0 bridgehead atoms. The lowest BCUT2D eigenvalue weighted by Crippen LogP contribution is -2.10. The summed E-state index contributed by atoms with van der Waals surface area (Å²) in [6, 6.07) is 10.7. The van der Waals surface area contributed by atoms with Gasteiger partial charge in [-0.15, -0.1) is 0 Å². The van der Waals surface area contributed by atoms with E-state index < -0.39 is 11.9 Å². The Balaban J connectivity index is 1.91. The molecule has 1 N–H and O–H groups in total. The fourth-order valence-corrected chi connectivity index (χ4v) is 2.76. The molecule has 29 heavy (non-hydrogen) atoms. The van der Waals surface area contributed by atoms with E-state index in [1.54, 1.807) is 24.3 Å². The summed E-state index contributed by atoms with van der Waals surface area (Å²) in [6.45, 7) is 7.98. The molecule has 0 aliphatic carbocycles. The van der Waals surface area contributed by atoms with E-state index in [2.05, 4.69) is 11.9 Å². The minimum Gasteiger partial charge on any atom is -0.493 e. The number of benzene rings is 2. The van der Waals surface area contributed by atoms with Crippen molar-refractivity contribution >= 4 is 17.6 Å². The summed E-state index contributed by atoms with van der Waals surface area (Å²) in [5.74, 6) is 0.409. The van der Waals surface area contributed by atoms with E-state index in [4.69, 9.17) is 14.2 Å². The first-order chi connectivity index (χ1) is 13.9. The van der Waals surface area contributed by atoms with Crippen LogP contribution in [-0.4, -0.2) is 32.2 Å². The first-order valence-electron chi connectivity index (χ1n) is 9.48. The Morgan fingerprint density at radius 1 is 1.03 bits per heavy atom. The fraction of sp³-hybridized carbons (Fsp3) is 0.304. The highest BCUT2D eigenvalue weighted by Gasteiger charge is 2.14. The Hall–Kier alpha value is -3.28. The van der Waals surface area contributed by atoms with Crippen LogP contribution in [0.4, 0.5) is 5.69 Å². The van der Waals surface area contributed by atoms with Gasteiger partial charge in [-0.05, 0) is 74.2 Å². The molecule has 2 aromatic carbocycles. The first kappa shape index (κ1) is 22.0. The lowest BCUT2D eigenvalue weighted by Gasteiger charge is -2.14. The van der Waals surface area contributed by atoms with Crippen LogP contribution in [0.5, 0.6) is 11.5 Å². The first-order valence-corrected chi connectivity index (χ1v) is 9.48. The minimum absolute atomic E-state index is 0.340. The molecule has 0 unspecified atom stereocenters. The van der Waals surface area contributed by atoms with E-state index >= 15 is 0 Å². The Morgan fingerprint density at radius 3 is 2.24 bits per heavy atom. The molecule has 0 radical (unpaired) electrons. The second-order valence-electron chi connectivity index (χ2n) is 6.53. The Labute approximate surface area is 171 Å². The molecule has 2 rings (SSSR count). The molecule has 6 nitrogen and oxygen atoms in total. The number of anilines is 1. The number of carbonyl (C=O) groups is 2. The van der Waals surface area contributed by atoms with Gasteiger partial charge in [-0.1, -0.05) is 6.58 Å². The van der Waals surface area contributed by atoms with E-state index in [9.17, 15) is 9.59 Å². The predicted molar refractivity (Wildman–Crippen MR) is 113 cm³/mol. The zero-order valence-corrected chi connectivity index (χ0v) is 17.1. The summed E-state index contributed by atoms with van der Waals surface area (Å²) >= 11 is 0. The second-order valence-corrected chi connectivity index (χ2v) is 6.53. The maximum atomic E-state index is 12.5. The summed E-state index contributed by atoms with van der Waals surface area (Å²) in [6.07, 6.45) is 2.59. The van der Waals surface area contributed by atoms with Crippen LogP contribution in [0.15, 0.2) is 49.1 Å². The van der Waals surface area contributed by atoms with Gasteiger partial charge in [-0.25, -0.2) is 9.59 Å². The molecule has 154 valence electrons. The van der Waals surface area contributed by atoms with Crippen molar-refractivity contribution in [3.63, 3.8) is 0 Å². The number of unbranched alkanes of at least 4 members (excludes halogenated alkanes) is 1. The van der Waals surface area contributed by atoms with Crippen LogP contribution < -0.4 is 14.8 Å². The van der Waals surface area contributed by atoms with Gasteiger partial charge in [0.05, 0.1) is 18.8 Å². The van der Waals surface area contributed by atoms with Gasteiger partial charge in [0.1, 0.15) is 11.5 Å². The monoisotopic (exact) mass is 397 g/mol. The molecular formula is C23H27NO5. The molecule has 0 aromatic heterocycles. The molecule has 0 amide bonds. The van der Waals surface area contributed by atoms with Gasteiger partial charge in [0.15, 0.2) is 0 Å². The summed E-state index contributed by atoms with van der Waals surface area (Å²) in [7, 11) is 1.83. The van der Waals surface area contributed by atoms with Crippen molar-refractivity contribution < 1.29 is 23.8 Å². The van der Waals surface area contributed by atoms with Crippen molar-refractivity contribution in [2.75, 3.05) is 25.6 Å². The third kappa shape index (κ3) is 6.68. The number of esters is 2. The fourth-order valence-electron chi connectivity index (χ4n) is 2.76. The van der Waals surface area contributed by atoms with Gasteiger partial charge < -0.3 is 19.5 Å². The molecule has 0 aliphatic rings.